The maximum atomic E-state index is 13.3. The van der Waals surface area contributed by atoms with E-state index in [1.807, 2.05) is 98.7 Å². The standard InChI is InChI=1S/C31H46N4O5.C26H38N4O3.C2H2O4/c1-21(2)35-26-9-7-8-22(3)24(26)18-25(28(35)37)27(36)32-19-23-10-14-33(15-11-23)20-31(39)12-16-34(17-13-31)29(38)40-30(4,5)6;1-18(2)30-23-6-4-5-19(3)21(23)15-22(25(30)32)24(31)28-16-20-7-13-29(14-8-20)17-26(33)9-11-27-12-10-26;3-1(4)2(5)6/h7-9,18,21,23,39H,10-17,19-20H2,1-6H3,(H,32,36);4-6,15,18,20,27,33H,7-14,16-17H2,1-3H3,(H,28,31);(H,3,4)(H,5,6). The number of carbonyl (C=O) groups excluding carboxylic acids is 3. The topological polar surface area (TPSA) is 265 Å². The largest absolute Gasteiger partial charge is 0.473 e. The lowest BCUT2D eigenvalue weighted by Gasteiger charge is -2.42. The van der Waals surface area contributed by atoms with Gasteiger partial charge in [-0.3, -0.25) is 19.2 Å². The number of nitrogens with zero attached hydrogens (tertiary/aromatic N) is 5. The zero-order valence-corrected chi connectivity index (χ0v) is 47.9. The minimum absolute atomic E-state index is 0.0337. The number of aliphatic carboxylic acids is 2. The Kier molecular flexibility index (Phi) is 21.1. The molecule has 2 aromatic carbocycles. The number of β-amino-alcohol motifs (C(OH)–C–C–N with tert-alkyl or cyclic N) is 2. The molecule has 0 saturated carbocycles. The molecule has 0 aliphatic carbocycles. The lowest BCUT2D eigenvalue weighted by molar-refractivity contribution is -0.159. The van der Waals surface area contributed by atoms with Gasteiger partial charge in [-0.05, 0) is 200 Å². The van der Waals surface area contributed by atoms with Crippen molar-refractivity contribution in [1.29, 1.82) is 0 Å². The molecule has 20 nitrogen and oxygen atoms in total. The Balaban J connectivity index is 0.000000234. The van der Waals surface area contributed by atoms with Gasteiger partial charge in [-0.2, -0.15) is 0 Å². The molecule has 6 heterocycles. The van der Waals surface area contributed by atoms with Gasteiger partial charge < -0.3 is 64.9 Å². The molecule has 20 heteroatoms. The van der Waals surface area contributed by atoms with Crippen molar-refractivity contribution in [1.82, 2.24) is 39.8 Å². The van der Waals surface area contributed by atoms with Crippen LogP contribution in [0.15, 0.2) is 58.1 Å². The molecule has 4 aromatic rings. The van der Waals surface area contributed by atoms with Crippen LogP contribution in [0.4, 0.5) is 4.79 Å². The van der Waals surface area contributed by atoms with Crippen molar-refractivity contribution >= 4 is 51.7 Å². The summed E-state index contributed by atoms with van der Waals surface area (Å²) in [6.07, 6.45) is 6.15. The third-order valence-electron chi connectivity index (χ3n) is 15.7. The molecule has 8 rings (SSSR count). The van der Waals surface area contributed by atoms with Crippen molar-refractivity contribution in [2.45, 2.75) is 143 Å². The van der Waals surface area contributed by atoms with Crippen LogP contribution in [0.2, 0.25) is 0 Å². The molecule has 2 aromatic heterocycles. The maximum absolute atomic E-state index is 13.3. The lowest BCUT2D eigenvalue weighted by Crippen LogP contribution is -2.54. The molecule has 0 bridgehead atoms. The third kappa shape index (κ3) is 16.7. The van der Waals surface area contributed by atoms with Gasteiger partial charge in [0.1, 0.15) is 16.7 Å². The summed E-state index contributed by atoms with van der Waals surface area (Å²) >= 11 is 0. The van der Waals surface area contributed by atoms with E-state index in [4.69, 9.17) is 24.5 Å². The number of carboxylic acids is 2. The molecule has 3 amide bonds. The van der Waals surface area contributed by atoms with E-state index in [1.165, 1.54) is 0 Å². The summed E-state index contributed by atoms with van der Waals surface area (Å²) in [6.45, 7) is 26.1. The first kappa shape index (κ1) is 62.0. The number of ether oxygens (including phenoxy) is 1. The van der Waals surface area contributed by atoms with E-state index in [-0.39, 0.29) is 52.2 Å². The van der Waals surface area contributed by atoms with Crippen LogP contribution in [0.5, 0.6) is 0 Å². The Morgan fingerprint density at radius 3 is 1.37 bits per heavy atom. The minimum atomic E-state index is -1.82. The summed E-state index contributed by atoms with van der Waals surface area (Å²) in [6, 6.07) is 15.2. The van der Waals surface area contributed by atoms with Gasteiger partial charge in [-0.15, -0.1) is 0 Å². The van der Waals surface area contributed by atoms with Crippen LogP contribution in [-0.4, -0.2) is 169 Å². The normalized spacial score (nSPS) is 18.3. The quantitative estimate of drug-likeness (QED) is 0.0840. The van der Waals surface area contributed by atoms with E-state index in [0.717, 1.165) is 117 Å². The van der Waals surface area contributed by atoms with E-state index in [1.54, 1.807) is 26.2 Å². The second kappa shape index (κ2) is 26.8. The first-order valence-corrected chi connectivity index (χ1v) is 28.1. The third-order valence-corrected chi connectivity index (χ3v) is 15.7. The number of nitrogens with one attached hydrogen (secondary N) is 3. The Bertz CT molecular complexity index is 2900. The summed E-state index contributed by atoms with van der Waals surface area (Å²) in [5.74, 6) is -3.55. The number of carboxylic acid groups (broad SMARTS) is 2. The fourth-order valence-electron chi connectivity index (χ4n) is 11.2. The predicted octanol–water partition coefficient (Wildman–Crippen LogP) is 5.70. The second-order valence-electron chi connectivity index (χ2n) is 23.8. The predicted molar refractivity (Wildman–Crippen MR) is 304 cm³/mol. The molecule has 0 radical (unpaired) electrons. The highest BCUT2D eigenvalue weighted by atomic mass is 16.6. The van der Waals surface area contributed by atoms with E-state index >= 15 is 0 Å². The van der Waals surface area contributed by atoms with E-state index in [0.29, 0.717) is 57.4 Å². The van der Waals surface area contributed by atoms with E-state index in [9.17, 15) is 34.2 Å². The van der Waals surface area contributed by atoms with E-state index in [2.05, 4.69) is 25.8 Å². The van der Waals surface area contributed by atoms with Crippen LogP contribution >= 0.6 is 0 Å². The fraction of sp³-hybridized carbons (Fsp3) is 0.610. The van der Waals surface area contributed by atoms with Crippen LogP contribution in [0.25, 0.3) is 21.8 Å². The number of aromatic nitrogens is 2. The number of amides is 3. The number of pyridine rings is 2. The molecule has 4 aliphatic rings. The number of piperidine rings is 4. The zero-order valence-electron chi connectivity index (χ0n) is 47.9. The summed E-state index contributed by atoms with van der Waals surface area (Å²) in [5.41, 5.74) is 1.80. The first-order valence-electron chi connectivity index (χ1n) is 28.1. The van der Waals surface area contributed by atoms with Crippen molar-refractivity contribution in [2.24, 2.45) is 11.8 Å². The van der Waals surface area contributed by atoms with Crippen LogP contribution in [0.3, 0.4) is 0 Å². The minimum Gasteiger partial charge on any atom is -0.473 e. The number of hydrogen-bond donors (Lipinski definition) is 7. The second-order valence-corrected chi connectivity index (χ2v) is 23.8. The highest BCUT2D eigenvalue weighted by molar-refractivity contribution is 6.27. The number of benzene rings is 2. The van der Waals surface area contributed by atoms with Gasteiger partial charge in [-0.25, -0.2) is 14.4 Å². The Morgan fingerprint density at radius 1 is 0.633 bits per heavy atom. The highest BCUT2D eigenvalue weighted by Gasteiger charge is 2.38. The smallest absolute Gasteiger partial charge is 0.414 e. The van der Waals surface area contributed by atoms with Crippen molar-refractivity contribution < 1.29 is 49.1 Å². The van der Waals surface area contributed by atoms with E-state index < -0.39 is 28.7 Å². The van der Waals surface area contributed by atoms with Crippen molar-refractivity contribution in [2.75, 3.05) is 78.5 Å². The monoisotopic (exact) mass is 1100 g/mol. The van der Waals surface area contributed by atoms with Gasteiger partial charge in [0.15, 0.2) is 0 Å². The summed E-state index contributed by atoms with van der Waals surface area (Å²) in [7, 11) is 0. The van der Waals surface area contributed by atoms with Gasteiger partial charge in [0, 0.05) is 62.1 Å². The molecule has 4 aliphatic heterocycles. The number of aryl methyl sites for hydroxylation is 2. The van der Waals surface area contributed by atoms with Crippen LogP contribution in [-0.2, 0) is 14.3 Å². The molecule has 0 unspecified atom stereocenters. The molecule has 7 N–H and O–H groups in total. The van der Waals surface area contributed by atoms with Gasteiger partial charge in [0.25, 0.3) is 22.9 Å². The average Bonchev–Trinajstić information content (AvgIpc) is 3.41. The number of hydrogen-bond acceptors (Lipinski definition) is 13. The van der Waals surface area contributed by atoms with Gasteiger partial charge >= 0.3 is 18.0 Å². The number of rotatable bonds is 12. The van der Waals surface area contributed by atoms with Gasteiger partial charge in [0.2, 0.25) is 0 Å². The Hall–Kier alpha value is -6.19. The molecular weight excluding hydrogens is 1010 g/mol. The maximum Gasteiger partial charge on any atom is 0.414 e. The molecule has 4 saturated heterocycles. The average molecular weight is 1100 g/mol. The molecule has 434 valence electrons. The van der Waals surface area contributed by atoms with Crippen LogP contribution in [0.1, 0.15) is 144 Å². The van der Waals surface area contributed by atoms with Crippen molar-refractivity contribution in [3.05, 3.63) is 91.5 Å². The summed E-state index contributed by atoms with van der Waals surface area (Å²) < 4.78 is 8.90. The van der Waals surface area contributed by atoms with Crippen LogP contribution < -0.4 is 27.1 Å². The SMILES string of the molecule is Cc1cccc2c1cc(C(=O)NCC1CCN(CC3(O)CCN(C(=O)OC(C)(C)C)CC3)CC1)c(=O)n2C(C)C.Cc1cccc2c1cc(C(=O)NCC1CCN(CC3(O)CCNCC3)CC1)c(=O)n2C(C)C.O=C(O)C(=O)O. The van der Waals surface area contributed by atoms with Crippen molar-refractivity contribution in [3.8, 4) is 0 Å². The Morgan fingerprint density at radius 2 is 1.01 bits per heavy atom. The van der Waals surface area contributed by atoms with Crippen LogP contribution in [0, 0.1) is 25.7 Å². The molecule has 79 heavy (non-hydrogen) atoms. The fourth-order valence-corrected chi connectivity index (χ4v) is 11.2. The first-order chi connectivity index (χ1) is 37.2. The highest BCUT2D eigenvalue weighted by Crippen LogP contribution is 2.29. The number of fused-ring (bicyclic) bond motifs is 2. The van der Waals surface area contributed by atoms with Gasteiger partial charge in [0.05, 0.1) is 22.2 Å². The molecule has 0 spiro atoms. The number of carbonyl (C=O) groups is 5. The number of aliphatic hydroxyl groups is 2. The Labute approximate surface area is 463 Å². The summed E-state index contributed by atoms with van der Waals surface area (Å²) in [5, 5.41) is 48.0. The molecule has 4 fully saturated rings. The summed E-state index contributed by atoms with van der Waals surface area (Å²) in [4.78, 5) is 89.5. The molecule has 0 atom stereocenters. The number of likely N-dealkylation sites (tertiary alicyclic amines) is 3. The zero-order chi connectivity index (χ0) is 58.0. The van der Waals surface area contributed by atoms with Gasteiger partial charge in [-0.1, -0.05) is 24.3 Å². The molecular formula is C59H86N8O12. The van der Waals surface area contributed by atoms with Crippen molar-refractivity contribution in [3.63, 3.8) is 0 Å². The lowest BCUT2D eigenvalue weighted by atomic mass is 9.89.